The van der Waals surface area contributed by atoms with Gasteiger partial charge in [0, 0.05) is 24.1 Å². The van der Waals surface area contributed by atoms with Crippen molar-refractivity contribution in [2.45, 2.75) is 25.4 Å². The standard InChI is InChI=1S/C16H14N2O4/c19-8-2-4-10-3-1-5-11-12(10)9-18(16(11)22)13-6-7-14(20)17-15(13)21/h1,3,5,13,19H,6-9H2,(H,17,20,21). The van der Waals surface area contributed by atoms with Gasteiger partial charge in [0.25, 0.3) is 5.91 Å². The van der Waals surface area contributed by atoms with Crippen molar-refractivity contribution < 1.29 is 19.5 Å². The summed E-state index contributed by atoms with van der Waals surface area (Å²) in [5.74, 6) is 4.43. The molecule has 2 heterocycles. The van der Waals surface area contributed by atoms with Crippen LogP contribution in [0.2, 0.25) is 0 Å². The van der Waals surface area contributed by atoms with Gasteiger partial charge in [-0.3, -0.25) is 19.7 Å². The minimum absolute atomic E-state index is 0.225. The second-order valence-electron chi connectivity index (χ2n) is 5.19. The van der Waals surface area contributed by atoms with Crippen molar-refractivity contribution >= 4 is 17.7 Å². The molecule has 112 valence electrons. The fraction of sp³-hybridized carbons (Fsp3) is 0.312. The number of carbonyl (C=O) groups is 3. The van der Waals surface area contributed by atoms with Gasteiger partial charge in [-0.1, -0.05) is 17.9 Å². The Labute approximate surface area is 127 Å². The van der Waals surface area contributed by atoms with Crippen LogP contribution in [0.25, 0.3) is 0 Å². The lowest BCUT2D eigenvalue weighted by Gasteiger charge is -2.29. The molecule has 1 saturated heterocycles. The van der Waals surface area contributed by atoms with Crippen LogP contribution in [0.4, 0.5) is 0 Å². The third kappa shape index (κ3) is 2.36. The average molecular weight is 298 g/mol. The maximum atomic E-state index is 12.5. The highest BCUT2D eigenvalue weighted by molar-refractivity contribution is 6.05. The van der Waals surface area contributed by atoms with Crippen LogP contribution in [0.3, 0.4) is 0 Å². The minimum Gasteiger partial charge on any atom is -0.384 e. The van der Waals surface area contributed by atoms with Crippen LogP contribution in [0.1, 0.15) is 34.3 Å². The van der Waals surface area contributed by atoms with Crippen LogP contribution < -0.4 is 5.32 Å². The Morgan fingerprint density at radius 1 is 1.32 bits per heavy atom. The summed E-state index contributed by atoms with van der Waals surface area (Å²) >= 11 is 0. The van der Waals surface area contributed by atoms with E-state index >= 15 is 0 Å². The van der Waals surface area contributed by atoms with Crippen molar-refractivity contribution in [2.75, 3.05) is 6.61 Å². The van der Waals surface area contributed by atoms with Crippen LogP contribution in [-0.4, -0.2) is 40.4 Å². The van der Waals surface area contributed by atoms with Crippen molar-refractivity contribution in [3.63, 3.8) is 0 Å². The summed E-state index contributed by atoms with van der Waals surface area (Å²) in [7, 11) is 0. The second-order valence-corrected chi connectivity index (χ2v) is 5.19. The molecule has 0 aromatic heterocycles. The number of fused-ring (bicyclic) bond motifs is 1. The molecule has 22 heavy (non-hydrogen) atoms. The molecule has 1 aromatic rings. The van der Waals surface area contributed by atoms with Gasteiger partial charge < -0.3 is 10.0 Å². The average Bonchev–Trinajstić information content (AvgIpc) is 2.83. The van der Waals surface area contributed by atoms with Crippen LogP contribution in [-0.2, 0) is 16.1 Å². The monoisotopic (exact) mass is 298 g/mol. The predicted molar refractivity (Wildman–Crippen MR) is 76.5 cm³/mol. The molecule has 1 aromatic carbocycles. The Kier molecular flexibility index (Phi) is 3.65. The van der Waals surface area contributed by atoms with E-state index in [0.717, 1.165) is 5.56 Å². The molecule has 2 aliphatic rings. The Bertz CT molecular complexity index is 729. The molecule has 0 saturated carbocycles. The van der Waals surface area contributed by atoms with E-state index < -0.39 is 11.9 Å². The van der Waals surface area contributed by atoms with E-state index in [1.807, 2.05) is 0 Å². The number of aliphatic hydroxyl groups excluding tert-OH is 1. The summed E-state index contributed by atoms with van der Waals surface area (Å²) < 4.78 is 0. The first kappa shape index (κ1) is 14.3. The van der Waals surface area contributed by atoms with Crippen LogP contribution >= 0.6 is 0 Å². The number of carbonyl (C=O) groups excluding carboxylic acids is 3. The van der Waals surface area contributed by atoms with Crippen molar-refractivity contribution in [3.8, 4) is 11.8 Å². The SMILES string of the molecule is O=C1CCC(N2Cc3c(C#CCO)cccc3C2=O)C(=O)N1. The first-order valence-corrected chi connectivity index (χ1v) is 6.98. The third-order valence-corrected chi connectivity index (χ3v) is 3.88. The summed E-state index contributed by atoms with van der Waals surface area (Å²) in [6.45, 7) is 0.0329. The zero-order valence-electron chi connectivity index (χ0n) is 11.8. The number of amides is 3. The summed E-state index contributed by atoms with van der Waals surface area (Å²) in [6.07, 6.45) is 0.565. The van der Waals surface area contributed by atoms with Crippen molar-refractivity contribution in [1.82, 2.24) is 10.2 Å². The van der Waals surface area contributed by atoms with E-state index in [2.05, 4.69) is 17.2 Å². The number of imide groups is 1. The fourth-order valence-electron chi connectivity index (χ4n) is 2.84. The van der Waals surface area contributed by atoms with Gasteiger partial charge in [0.1, 0.15) is 12.6 Å². The van der Waals surface area contributed by atoms with Gasteiger partial charge >= 0.3 is 0 Å². The summed E-state index contributed by atoms with van der Waals surface area (Å²) in [6, 6.07) is 4.58. The Balaban J connectivity index is 1.91. The van der Waals surface area contributed by atoms with E-state index in [1.165, 1.54) is 4.90 Å². The highest BCUT2D eigenvalue weighted by Gasteiger charge is 2.39. The highest BCUT2D eigenvalue weighted by atomic mass is 16.2. The molecule has 0 radical (unpaired) electrons. The first-order valence-electron chi connectivity index (χ1n) is 6.98. The fourth-order valence-corrected chi connectivity index (χ4v) is 2.84. The summed E-state index contributed by atoms with van der Waals surface area (Å²) in [5.41, 5.74) is 1.96. The molecule has 0 spiro atoms. The number of aliphatic hydroxyl groups is 1. The van der Waals surface area contributed by atoms with Gasteiger partial charge in [-0.2, -0.15) is 0 Å². The molecular weight excluding hydrogens is 284 g/mol. The van der Waals surface area contributed by atoms with Crippen LogP contribution in [0.5, 0.6) is 0 Å². The van der Waals surface area contributed by atoms with Gasteiger partial charge in [-0.15, -0.1) is 0 Å². The normalized spacial score (nSPS) is 20.3. The first-order chi connectivity index (χ1) is 10.6. The van der Waals surface area contributed by atoms with Crippen LogP contribution in [0.15, 0.2) is 18.2 Å². The Morgan fingerprint density at radius 3 is 2.86 bits per heavy atom. The molecule has 1 atom stereocenters. The van der Waals surface area contributed by atoms with Gasteiger partial charge in [-0.25, -0.2) is 0 Å². The highest BCUT2D eigenvalue weighted by Crippen LogP contribution is 2.29. The molecule has 2 N–H and O–H groups in total. The van der Waals surface area contributed by atoms with E-state index in [1.54, 1.807) is 18.2 Å². The van der Waals surface area contributed by atoms with E-state index in [9.17, 15) is 14.4 Å². The Morgan fingerprint density at radius 2 is 2.14 bits per heavy atom. The molecule has 0 bridgehead atoms. The quantitative estimate of drug-likeness (QED) is 0.555. The number of piperidine rings is 1. The van der Waals surface area contributed by atoms with Gasteiger partial charge in [-0.05, 0) is 24.1 Å². The Hall–Kier alpha value is -2.65. The molecule has 1 unspecified atom stereocenters. The van der Waals surface area contributed by atoms with E-state index in [4.69, 9.17) is 5.11 Å². The second kappa shape index (κ2) is 5.62. The number of hydrogen-bond acceptors (Lipinski definition) is 4. The molecule has 2 aliphatic heterocycles. The number of rotatable bonds is 1. The molecule has 3 rings (SSSR count). The molecule has 0 aliphatic carbocycles. The van der Waals surface area contributed by atoms with E-state index in [-0.39, 0.29) is 31.4 Å². The maximum absolute atomic E-state index is 12.5. The maximum Gasteiger partial charge on any atom is 0.255 e. The predicted octanol–water partition coefficient (Wildman–Crippen LogP) is -0.209. The molecule has 6 heteroatoms. The number of hydrogen-bond donors (Lipinski definition) is 2. The van der Waals surface area contributed by atoms with E-state index in [0.29, 0.717) is 17.5 Å². The van der Waals surface area contributed by atoms with Gasteiger partial charge in [0.2, 0.25) is 11.8 Å². The molecule has 6 nitrogen and oxygen atoms in total. The minimum atomic E-state index is -0.628. The van der Waals surface area contributed by atoms with Crippen molar-refractivity contribution in [1.29, 1.82) is 0 Å². The number of benzene rings is 1. The van der Waals surface area contributed by atoms with Crippen molar-refractivity contribution in [3.05, 3.63) is 34.9 Å². The van der Waals surface area contributed by atoms with Gasteiger partial charge in [0.15, 0.2) is 0 Å². The number of nitrogens with one attached hydrogen (secondary N) is 1. The van der Waals surface area contributed by atoms with Gasteiger partial charge in [0.05, 0.1) is 0 Å². The summed E-state index contributed by atoms with van der Waals surface area (Å²) in [5, 5.41) is 11.1. The molecular formula is C16H14N2O4. The van der Waals surface area contributed by atoms with Crippen molar-refractivity contribution in [2.24, 2.45) is 0 Å². The number of nitrogens with zero attached hydrogens (tertiary/aromatic N) is 1. The largest absolute Gasteiger partial charge is 0.384 e. The zero-order valence-corrected chi connectivity index (χ0v) is 11.8. The lowest BCUT2D eigenvalue weighted by molar-refractivity contribution is -0.136. The smallest absolute Gasteiger partial charge is 0.255 e. The zero-order chi connectivity index (χ0) is 15.7. The third-order valence-electron chi connectivity index (χ3n) is 3.88. The molecule has 3 amide bonds. The lowest BCUT2D eigenvalue weighted by atomic mass is 10.0. The summed E-state index contributed by atoms with van der Waals surface area (Å²) in [4.78, 5) is 37.2. The molecule has 1 fully saturated rings. The lowest BCUT2D eigenvalue weighted by Crippen LogP contribution is -2.52. The van der Waals surface area contributed by atoms with Crippen LogP contribution in [0, 0.1) is 11.8 Å². The topological polar surface area (TPSA) is 86.7 Å².